The zero-order valence-electron chi connectivity index (χ0n) is 10.2. The van der Waals surface area contributed by atoms with Gasteiger partial charge in [-0.3, -0.25) is 0 Å². The van der Waals surface area contributed by atoms with Gasteiger partial charge in [0.05, 0.1) is 16.9 Å². The smallest absolute Gasteiger partial charge is 0.339 e. The van der Waals surface area contributed by atoms with Crippen molar-refractivity contribution in [3.05, 3.63) is 39.8 Å². The average Bonchev–Trinajstić information content (AvgIpc) is 2.57. The number of halogens is 1. The number of nitrogens with zero attached hydrogens (tertiary/aromatic N) is 3. The Morgan fingerprint density at radius 1 is 1.39 bits per heavy atom. The number of aromatic carboxylic acids is 1. The van der Waals surface area contributed by atoms with E-state index in [0.717, 1.165) is 5.69 Å². The van der Waals surface area contributed by atoms with Crippen LogP contribution >= 0.6 is 11.6 Å². The van der Waals surface area contributed by atoms with Crippen LogP contribution in [-0.4, -0.2) is 25.8 Å². The fraction of sp³-hybridized carbons (Fsp3) is 0.250. The van der Waals surface area contributed by atoms with Gasteiger partial charge in [-0.1, -0.05) is 11.6 Å². The van der Waals surface area contributed by atoms with Crippen LogP contribution in [0.2, 0.25) is 5.02 Å². The molecule has 2 aromatic rings. The van der Waals surface area contributed by atoms with Crippen molar-refractivity contribution in [2.24, 2.45) is 0 Å². The molecule has 0 spiro atoms. The Labute approximate surface area is 109 Å². The van der Waals surface area contributed by atoms with Gasteiger partial charge in [-0.2, -0.15) is 5.10 Å². The summed E-state index contributed by atoms with van der Waals surface area (Å²) < 4.78 is 1.40. The van der Waals surface area contributed by atoms with Crippen LogP contribution in [0.3, 0.4) is 0 Å². The Hall–Kier alpha value is -1.88. The first-order valence-corrected chi connectivity index (χ1v) is 5.71. The third kappa shape index (κ3) is 2.09. The third-order valence-corrected chi connectivity index (χ3v) is 2.97. The molecule has 0 atom stereocenters. The van der Waals surface area contributed by atoms with E-state index in [1.165, 1.54) is 4.68 Å². The number of aromatic nitrogens is 3. The Kier molecular flexibility index (Phi) is 3.09. The van der Waals surface area contributed by atoms with Gasteiger partial charge in [0, 0.05) is 5.69 Å². The summed E-state index contributed by atoms with van der Waals surface area (Å²) in [6.45, 7) is 5.29. The monoisotopic (exact) mass is 265 g/mol. The molecule has 0 fully saturated rings. The van der Waals surface area contributed by atoms with E-state index in [1.807, 2.05) is 0 Å². The Balaban J connectivity index is 2.73. The molecule has 94 valence electrons. The number of hydrogen-bond donors (Lipinski definition) is 1. The standard InChI is InChI=1S/C12H12ClN3O2/c1-6-4-7(2)14-11(10(6)12(17)18)16-5-9(13)8(3)15-16/h4-5H,1-3H3,(H,17,18). The zero-order chi connectivity index (χ0) is 13.4. The Morgan fingerprint density at radius 3 is 2.56 bits per heavy atom. The maximum atomic E-state index is 11.3. The molecule has 2 heterocycles. The summed E-state index contributed by atoms with van der Waals surface area (Å²) >= 11 is 5.93. The van der Waals surface area contributed by atoms with Gasteiger partial charge in [-0.25, -0.2) is 14.5 Å². The Morgan fingerprint density at radius 2 is 2.06 bits per heavy atom. The quantitative estimate of drug-likeness (QED) is 0.906. The van der Waals surface area contributed by atoms with E-state index >= 15 is 0 Å². The highest BCUT2D eigenvalue weighted by atomic mass is 35.5. The summed E-state index contributed by atoms with van der Waals surface area (Å²) in [6.07, 6.45) is 1.56. The first-order chi connectivity index (χ1) is 8.40. The van der Waals surface area contributed by atoms with Crippen LogP contribution in [0.4, 0.5) is 0 Å². The molecule has 0 aliphatic carbocycles. The van der Waals surface area contributed by atoms with Crippen LogP contribution in [0.1, 0.15) is 27.3 Å². The maximum absolute atomic E-state index is 11.3. The molecule has 5 nitrogen and oxygen atoms in total. The topological polar surface area (TPSA) is 68.0 Å². The van der Waals surface area contributed by atoms with Crippen LogP contribution < -0.4 is 0 Å². The van der Waals surface area contributed by atoms with E-state index in [1.54, 1.807) is 33.0 Å². The van der Waals surface area contributed by atoms with Crippen molar-refractivity contribution >= 4 is 17.6 Å². The molecular formula is C12H12ClN3O2. The van der Waals surface area contributed by atoms with Crippen LogP contribution in [0.25, 0.3) is 5.82 Å². The molecule has 1 N–H and O–H groups in total. The number of aryl methyl sites for hydroxylation is 3. The molecule has 2 rings (SSSR count). The second-order valence-corrected chi connectivity index (χ2v) is 4.50. The fourth-order valence-corrected chi connectivity index (χ4v) is 1.92. The first kappa shape index (κ1) is 12.6. The van der Waals surface area contributed by atoms with Crippen molar-refractivity contribution in [2.75, 3.05) is 0 Å². The minimum atomic E-state index is -1.03. The van der Waals surface area contributed by atoms with Crippen LogP contribution in [-0.2, 0) is 0 Å². The van der Waals surface area contributed by atoms with Gasteiger partial charge in [0.15, 0.2) is 5.82 Å². The molecule has 0 unspecified atom stereocenters. The molecule has 0 amide bonds. The second kappa shape index (κ2) is 4.42. The van der Waals surface area contributed by atoms with Crippen molar-refractivity contribution in [1.82, 2.24) is 14.8 Å². The van der Waals surface area contributed by atoms with Gasteiger partial charge in [-0.05, 0) is 32.4 Å². The predicted octanol–water partition coefficient (Wildman–Crippen LogP) is 2.54. The number of pyridine rings is 1. The predicted molar refractivity (Wildman–Crippen MR) is 67.5 cm³/mol. The second-order valence-electron chi connectivity index (χ2n) is 4.09. The van der Waals surface area contributed by atoms with Crippen molar-refractivity contribution in [3.63, 3.8) is 0 Å². The summed E-state index contributed by atoms with van der Waals surface area (Å²) in [6, 6.07) is 1.73. The van der Waals surface area contributed by atoms with Crippen molar-refractivity contribution in [1.29, 1.82) is 0 Å². The number of hydrogen-bond acceptors (Lipinski definition) is 3. The van der Waals surface area contributed by atoms with Gasteiger partial charge < -0.3 is 5.11 Å². The molecule has 0 saturated heterocycles. The molecule has 0 bridgehead atoms. The van der Waals surface area contributed by atoms with E-state index in [0.29, 0.717) is 16.3 Å². The highest BCUT2D eigenvalue weighted by Gasteiger charge is 2.18. The lowest BCUT2D eigenvalue weighted by Crippen LogP contribution is -2.11. The molecule has 0 aromatic carbocycles. The SMILES string of the molecule is Cc1cc(C)c(C(=O)O)c(-n2cc(Cl)c(C)n2)n1. The summed E-state index contributed by atoms with van der Waals surface area (Å²) in [5, 5.41) is 13.9. The molecule has 2 aromatic heterocycles. The van der Waals surface area contributed by atoms with E-state index in [9.17, 15) is 9.90 Å². The average molecular weight is 266 g/mol. The van der Waals surface area contributed by atoms with Gasteiger partial charge in [0.2, 0.25) is 0 Å². The van der Waals surface area contributed by atoms with Crippen LogP contribution in [0.5, 0.6) is 0 Å². The number of carboxylic acids is 1. The van der Waals surface area contributed by atoms with Gasteiger partial charge in [0.1, 0.15) is 5.56 Å². The van der Waals surface area contributed by atoms with E-state index < -0.39 is 5.97 Å². The summed E-state index contributed by atoms with van der Waals surface area (Å²) in [5.41, 5.74) is 2.15. The third-order valence-electron chi connectivity index (χ3n) is 2.60. The van der Waals surface area contributed by atoms with Crippen LogP contribution in [0.15, 0.2) is 12.3 Å². The highest BCUT2D eigenvalue weighted by molar-refractivity contribution is 6.31. The van der Waals surface area contributed by atoms with Crippen molar-refractivity contribution in [3.8, 4) is 5.82 Å². The van der Waals surface area contributed by atoms with Crippen molar-refractivity contribution in [2.45, 2.75) is 20.8 Å². The largest absolute Gasteiger partial charge is 0.478 e. The minimum absolute atomic E-state index is 0.139. The number of rotatable bonds is 2. The summed E-state index contributed by atoms with van der Waals surface area (Å²) in [7, 11) is 0. The lowest BCUT2D eigenvalue weighted by atomic mass is 10.1. The van der Waals surface area contributed by atoms with E-state index in [4.69, 9.17) is 11.6 Å². The number of carbonyl (C=O) groups is 1. The maximum Gasteiger partial charge on any atom is 0.339 e. The van der Waals surface area contributed by atoms with E-state index in [2.05, 4.69) is 10.1 Å². The summed E-state index contributed by atoms with van der Waals surface area (Å²) in [5.74, 6) is -0.741. The lowest BCUT2D eigenvalue weighted by molar-refractivity contribution is 0.0695. The number of carboxylic acid groups (broad SMARTS) is 1. The normalized spacial score (nSPS) is 10.7. The molecule has 0 aliphatic rings. The van der Waals surface area contributed by atoms with E-state index in [-0.39, 0.29) is 11.4 Å². The van der Waals surface area contributed by atoms with Crippen molar-refractivity contribution < 1.29 is 9.90 Å². The molecule has 0 aliphatic heterocycles. The Bertz CT molecular complexity index is 615. The minimum Gasteiger partial charge on any atom is -0.478 e. The van der Waals surface area contributed by atoms with Gasteiger partial charge in [-0.15, -0.1) is 0 Å². The molecule has 6 heteroatoms. The molecule has 0 radical (unpaired) electrons. The zero-order valence-corrected chi connectivity index (χ0v) is 11.0. The fourth-order valence-electron chi connectivity index (χ4n) is 1.79. The van der Waals surface area contributed by atoms with Gasteiger partial charge >= 0.3 is 5.97 Å². The first-order valence-electron chi connectivity index (χ1n) is 5.34. The lowest BCUT2D eigenvalue weighted by Gasteiger charge is -2.09. The van der Waals surface area contributed by atoms with Crippen LogP contribution in [0, 0.1) is 20.8 Å². The summed E-state index contributed by atoms with van der Waals surface area (Å²) in [4.78, 5) is 15.5. The highest BCUT2D eigenvalue weighted by Crippen LogP contribution is 2.21. The molecule has 0 saturated carbocycles. The molecule has 18 heavy (non-hydrogen) atoms. The van der Waals surface area contributed by atoms with Gasteiger partial charge in [0.25, 0.3) is 0 Å². The molecular weight excluding hydrogens is 254 g/mol.